The second-order valence-electron chi connectivity index (χ2n) is 4.58. The summed E-state index contributed by atoms with van der Waals surface area (Å²) in [6, 6.07) is 14.4. The largest absolute Gasteiger partial charge is 0.416 e. The molecule has 2 N–H and O–H groups in total. The molecule has 0 unspecified atom stereocenters. The number of alkyl halides is 3. The smallest absolute Gasteiger partial charge is 0.377 e. The first-order chi connectivity index (χ1) is 10.9. The molecule has 0 saturated carbocycles. The standard InChI is InChI=1S/C16H14F3N3S/c17-16(18,19)14-8-6-12(7-9-14)10-21-22-15(20)23-11-13-4-2-1-3-5-13/h1-10H,11H2,(H2,20,22). The molecule has 0 radical (unpaired) electrons. The first-order valence-corrected chi connectivity index (χ1v) is 7.64. The normalized spacial score (nSPS) is 12.7. The maximum atomic E-state index is 12.4. The molecule has 120 valence electrons. The first kappa shape index (κ1) is 17.1. The van der Waals surface area contributed by atoms with Crippen LogP contribution < -0.4 is 5.73 Å². The summed E-state index contributed by atoms with van der Waals surface area (Å²) < 4.78 is 37.3. The number of hydrogen-bond donors (Lipinski definition) is 1. The minimum Gasteiger partial charge on any atom is -0.377 e. The molecule has 2 aromatic carbocycles. The van der Waals surface area contributed by atoms with E-state index >= 15 is 0 Å². The summed E-state index contributed by atoms with van der Waals surface area (Å²) in [7, 11) is 0. The molecule has 0 bridgehead atoms. The summed E-state index contributed by atoms with van der Waals surface area (Å²) in [6.45, 7) is 0. The van der Waals surface area contributed by atoms with Gasteiger partial charge < -0.3 is 5.73 Å². The lowest BCUT2D eigenvalue weighted by Crippen LogP contribution is -2.06. The molecule has 0 atom stereocenters. The average Bonchev–Trinajstić information content (AvgIpc) is 2.53. The molecule has 0 fully saturated rings. The molecule has 7 heteroatoms. The van der Waals surface area contributed by atoms with E-state index in [0.717, 1.165) is 17.7 Å². The van der Waals surface area contributed by atoms with Gasteiger partial charge in [-0.15, -0.1) is 5.10 Å². The topological polar surface area (TPSA) is 50.7 Å². The summed E-state index contributed by atoms with van der Waals surface area (Å²) in [5.74, 6) is 0.673. The lowest BCUT2D eigenvalue weighted by Gasteiger charge is -2.05. The Kier molecular flexibility index (Phi) is 5.81. The van der Waals surface area contributed by atoms with E-state index in [1.807, 2.05) is 30.3 Å². The number of nitrogens with zero attached hydrogens (tertiary/aromatic N) is 2. The minimum atomic E-state index is -4.34. The van der Waals surface area contributed by atoms with E-state index in [4.69, 9.17) is 5.73 Å². The number of halogens is 3. The van der Waals surface area contributed by atoms with Gasteiger partial charge in [-0.3, -0.25) is 0 Å². The van der Waals surface area contributed by atoms with Gasteiger partial charge in [0.05, 0.1) is 11.8 Å². The molecular formula is C16H14F3N3S. The number of hydrogen-bond acceptors (Lipinski definition) is 3. The van der Waals surface area contributed by atoms with Crippen molar-refractivity contribution in [1.82, 2.24) is 0 Å². The van der Waals surface area contributed by atoms with E-state index in [0.29, 0.717) is 11.3 Å². The van der Waals surface area contributed by atoms with E-state index in [-0.39, 0.29) is 5.17 Å². The highest BCUT2D eigenvalue weighted by atomic mass is 32.2. The monoisotopic (exact) mass is 337 g/mol. The van der Waals surface area contributed by atoms with Crippen molar-refractivity contribution in [2.75, 3.05) is 0 Å². The Morgan fingerprint density at radius 3 is 2.30 bits per heavy atom. The van der Waals surface area contributed by atoms with E-state index < -0.39 is 11.7 Å². The van der Waals surface area contributed by atoms with Gasteiger partial charge in [-0.05, 0) is 23.3 Å². The van der Waals surface area contributed by atoms with E-state index in [2.05, 4.69) is 10.2 Å². The molecule has 3 nitrogen and oxygen atoms in total. The molecule has 0 aliphatic rings. The van der Waals surface area contributed by atoms with E-state index in [1.54, 1.807) is 0 Å². The van der Waals surface area contributed by atoms with Crippen molar-refractivity contribution in [1.29, 1.82) is 0 Å². The Bertz CT molecular complexity index is 680. The molecule has 0 spiro atoms. The quantitative estimate of drug-likeness (QED) is 0.514. The van der Waals surface area contributed by atoms with Crippen LogP contribution in [-0.2, 0) is 11.9 Å². The van der Waals surface area contributed by atoms with Gasteiger partial charge in [-0.2, -0.15) is 18.3 Å². The molecule has 0 heterocycles. The average molecular weight is 337 g/mol. The fourth-order valence-electron chi connectivity index (χ4n) is 1.67. The fourth-order valence-corrected chi connectivity index (χ4v) is 2.28. The van der Waals surface area contributed by atoms with Gasteiger partial charge in [0.1, 0.15) is 0 Å². The predicted octanol–water partition coefficient (Wildman–Crippen LogP) is 4.29. The van der Waals surface area contributed by atoms with Gasteiger partial charge in [0.15, 0.2) is 5.17 Å². The van der Waals surface area contributed by atoms with Crippen LogP contribution >= 0.6 is 11.8 Å². The third kappa shape index (κ3) is 5.78. The first-order valence-electron chi connectivity index (χ1n) is 6.65. The van der Waals surface area contributed by atoms with Crippen molar-refractivity contribution in [3.05, 3.63) is 71.3 Å². The zero-order chi connectivity index (χ0) is 16.7. The molecule has 0 saturated heterocycles. The Labute approximate surface area is 136 Å². The van der Waals surface area contributed by atoms with Crippen molar-refractivity contribution < 1.29 is 13.2 Å². The number of amidine groups is 1. The molecular weight excluding hydrogens is 323 g/mol. The Morgan fingerprint density at radius 1 is 1.04 bits per heavy atom. The molecule has 0 amide bonds. The summed E-state index contributed by atoms with van der Waals surface area (Å²) in [5, 5.41) is 7.88. The highest BCUT2D eigenvalue weighted by molar-refractivity contribution is 8.13. The Morgan fingerprint density at radius 2 is 1.70 bits per heavy atom. The van der Waals surface area contributed by atoms with Crippen LogP contribution in [0.1, 0.15) is 16.7 Å². The van der Waals surface area contributed by atoms with Gasteiger partial charge in [-0.1, -0.05) is 54.2 Å². The SMILES string of the molecule is NC(=NN=Cc1ccc(C(F)(F)F)cc1)SCc1ccccc1. The summed E-state index contributed by atoms with van der Waals surface area (Å²) in [6.07, 6.45) is -2.98. The molecule has 0 aliphatic carbocycles. The number of rotatable bonds is 4. The summed E-state index contributed by atoms with van der Waals surface area (Å²) in [5.41, 5.74) is 6.65. The van der Waals surface area contributed by atoms with Gasteiger partial charge >= 0.3 is 6.18 Å². The molecule has 2 aromatic rings. The van der Waals surface area contributed by atoms with Crippen LogP contribution in [0.15, 0.2) is 64.8 Å². The predicted molar refractivity (Wildman–Crippen MR) is 88.4 cm³/mol. The third-order valence-corrected chi connectivity index (χ3v) is 3.69. The van der Waals surface area contributed by atoms with Gasteiger partial charge in [0, 0.05) is 5.75 Å². The van der Waals surface area contributed by atoms with Crippen molar-refractivity contribution in [3.8, 4) is 0 Å². The van der Waals surface area contributed by atoms with Crippen LogP contribution in [0.5, 0.6) is 0 Å². The van der Waals surface area contributed by atoms with E-state index in [9.17, 15) is 13.2 Å². The maximum absolute atomic E-state index is 12.4. The molecule has 0 aliphatic heterocycles. The van der Waals surface area contributed by atoms with Crippen LogP contribution in [0.25, 0.3) is 0 Å². The van der Waals surface area contributed by atoms with Gasteiger partial charge in [0.25, 0.3) is 0 Å². The third-order valence-electron chi connectivity index (χ3n) is 2.83. The van der Waals surface area contributed by atoms with E-state index in [1.165, 1.54) is 30.1 Å². The molecule has 23 heavy (non-hydrogen) atoms. The second-order valence-corrected chi connectivity index (χ2v) is 5.57. The van der Waals surface area contributed by atoms with Crippen molar-refractivity contribution in [3.63, 3.8) is 0 Å². The fraction of sp³-hybridized carbons (Fsp3) is 0.125. The van der Waals surface area contributed by atoms with Gasteiger partial charge in [0.2, 0.25) is 0 Å². The van der Waals surface area contributed by atoms with Crippen LogP contribution in [0.2, 0.25) is 0 Å². The zero-order valence-corrected chi connectivity index (χ0v) is 12.8. The summed E-state index contributed by atoms with van der Waals surface area (Å²) >= 11 is 1.34. The molecule has 2 rings (SSSR count). The molecule has 0 aromatic heterocycles. The maximum Gasteiger partial charge on any atom is 0.416 e. The van der Waals surface area contributed by atoms with Gasteiger partial charge in [-0.25, -0.2) is 0 Å². The Hall–Kier alpha value is -2.28. The lowest BCUT2D eigenvalue weighted by atomic mass is 10.1. The van der Waals surface area contributed by atoms with Crippen LogP contribution in [0.3, 0.4) is 0 Å². The van der Waals surface area contributed by atoms with Crippen molar-refractivity contribution >= 4 is 23.1 Å². The van der Waals surface area contributed by atoms with Crippen molar-refractivity contribution in [2.45, 2.75) is 11.9 Å². The summed E-state index contributed by atoms with van der Waals surface area (Å²) in [4.78, 5) is 0. The number of nitrogens with two attached hydrogens (primary N) is 1. The van der Waals surface area contributed by atoms with Crippen LogP contribution in [-0.4, -0.2) is 11.4 Å². The minimum absolute atomic E-state index is 0.289. The number of benzene rings is 2. The lowest BCUT2D eigenvalue weighted by molar-refractivity contribution is -0.137. The second kappa shape index (κ2) is 7.82. The van der Waals surface area contributed by atoms with Crippen LogP contribution in [0.4, 0.5) is 13.2 Å². The highest BCUT2D eigenvalue weighted by Gasteiger charge is 2.29. The van der Waals surface area contributed by atoms with Crippen LogP contribution in [0, 0.1) is 0 Å². The zero-order valence-electron chi connectivity index (χ0n) is 12.0. The number of thioether (sulfide) groups is 1. The Balaban J connectivity index is 1.89. The van der Waals surface area contributed by atoms with Crippen molar-refractivity contribution in [2.24, 2.45) is 15.9 Å². The highest BCUT2D eigenvalue weighted by Crippen LogP contribution is 2.28.